The van der Waals surface area contributed by atoms with Crippen LogP contribution in [-0.2, 0) is 9.53 Å². The fraction of sp³-hybridized carbons (Fsp3) is 0.0435. The average molecular weight is 501 g/mol. The molecule has 0 spiro atoms. The zero-order valence-electron chi connectivity index (χ0n) is 16.7. The summed E-state index contributed by atoms with van der Waals surface area (Å²) >= 11 is 13.4. The van der Waals surface area contributed by atoms with Gasteiger partial charge in [-0.1, -0.05) is 71.7 Å². The number of fused-ring (bicyclic) bond motifs is 1. The normalized spacial score (nSPS) is 11.7. The maximum Gasteiger partial charge on any atom is 0.351 e. The van der Waals surface area contributed by atoms with E-state index in [0.29, 0.717) is 10.9 Å². The number of nitrogens with zero attached hydrogens (tertiary/aromatic N) is 1. The van der Waals surface area contributed by atoms with E-state index in [1.165, 1.54) is 12.1 Å². The molecule has 166 valence electrons. The van der Waals surface area contributed by atoms with E-state index in [9.17, 15) is 19.7 Å². The summed E-state index contributed by atoms with van der Waals surface area (Å²) in [6, 6.07) is 19.5. The van der Waals surface area contributed by atoms with Crippen LogP contribution in [0.15, 0.2) is 72.8 Å². The SMILES string of the molecule is O=C(OC(C(=O)Nc1ccc(Cl)c([N+](=O)[O-])c1)c1ccccc1)c1sc2ccccc2c1Cl. The average Bonchev–Trinajstić information content (AvgIpc) is 3.15. The van der Waals surface area contributed by atoms with Crippen LogP contribution in [0.4, 0.5) is 11.4 Å². The number of anilines is 1. The minimum Gasteiger partial charge on any atom is -0.443 e. The van der Waals surface area contributed by atoms with Gasteiger partial charge in [-0.05, 0) is 18.2 Å². The molecule has 1 heterocycles. The van der Waals surface area contributed by atoms with Crippen molar-refractivity contribution in [2.24, 2.45) is 0 Å². The topological polar surface area (TPSA) is 98.5 Å². The fourth-order valence-electron chi connectivity index (χ4n) is 3.14. The van der Waals surface area contributed by atoms with Gasteiger partial charge in [0.2, 0.25) is 6.10 Å². The Morgan fingerprint density at radius 3 is 2.39 bits per heavy atom. The van der Waals surface area contributed by atoms with Crippen molar-refractivity contribution < 1.29 is 19.2 Å². The van der Waals surface area contributed by atoms with Gasteiger partial charge in [0.15, 0.2) is 0 Å². The van der Waals surface area contributed by atoms with Crippen LogP contribution < -0.4 is 5.32 Å². The van der Waals surface area contributed by atoms with E-state index in [4.69, 9.17) is 27.9 Å². The molecule has 0 aliphatic carbocycles. The second-order valence-corrected chi connectivity index (χ2v) is 8.69. The Labute approximate surface area is 201 Å². The smallest absolute Gasteiger partial charge is 0.351 e. The zero-order chi connectivity index (χ0) is 23.5. The first-order valence-electron chi connectivity index (χ1n) is 9.53. The van der Waals surface area contributed by atoms with E-state index >= 15 is 0 Å². The maximum absolute atomic E-state index is 13.1. The number of thiophene rings is 1. The van der Waals surface area contributed by atoms with Crippen LogP contribution in [0.25, 0.3) is 10.1 Å². The van der Waals surface area contributed by atoms with Gasteiger partial charge in [-0.25, -0.2) is 4.79 Å². The third kappa shape index (κ3) is 4.83. The Balaban J connectivity index is 1.64. The van der Waals surface area contributed by atoms with Gasteiger partial charge in [0.05, 0.1) is 9.95 Å². The first-order valence-corrected chi connectivity index (χ1v) is 11.1. The number of hydrogen-bond donors (Lipinski definition) is 1. The number of nitrogens with one attached hydrogen (secondary N) is 1. The molecule has 0 saturated carbocycles. The molecule has 1 aromatic heterocycles. The summed E-state index contributed by atoms with van der Waals surface area (Å²) < 4.78 is 6.39. The number of ether oxygens (including phenoxy) is 1. The number of carbonyl (C=O) groups is 2. The lowest BCUT2D eigenvalue weighted by atomic mass is 10.1. The highest BCUT2D eigenvalue weighted by Gasteiger charge is 2.28. The number of benzene rings is 3. The van der Waals surface area contributed by atoms with Crippen LogP contribution in [-0.4, -0.2) is 16.8 Å². The Morgan fingerprint density at radius 1 is 1.00 bits per heavy atom. The molecule has 0 aliphatic rings. The van der Waals surface area contributed by atoms with Crippen molar-refractivity contribution in [3.05, 3.63) is 103 Å². The van der Waals surface area contributed by atoms with Crippen molar-refractivity contribution in [1.29, 1.82) is 0 Å². The third-order valence-corrected chi connectivity index (χ3v) is 6.67. The molecular formula is C23H14Cl2N2O5S. The molecule has 1 amide bonds. The summed E-state index contributed by atoms with van der Waals surface area (Å²) in [7, 11) is 0. The fourth-order valence-corrected chi connectivity index (χ4v) is 4.72. The molecule has 1 atom stereocenters. The van der Waals surface area contributed by atoms with Gasteiger partial charge in [-0.15, -0.1) is 11.3 Å². The molecule has 10 heteroatoms. The number of esters is 1. The molecule has 0 fully saturated rings. The van der Waals surface area contributed by atoms with Gasteiger partial charge < -0.3 is 10.1 Å². The molecule has 7 nitrogen and oxygen atoms in total. The summed E-state index contributed by atoms with van der Waals surface area (Å²) in [5, 5.41) is 14.6. The van der Waals surface area contributed by atoms with Crippen molar-refractivity contribution in [2.75, 3.05) is 5.32 Å². The van der Waals surface area contributed by atoms with Crippen LogP contribution >= 0.6 is 34.5 Å². The molecule has 4 rings (SSSR count). The number of rotatable bonds is 6. The Kier molecular flexibility index (Phi) is 6.60. The largest absolute Gasteiger partial charge is 0.443 e. The van der Waals surface area contributed by atoms with Gasteiger partial charge in [0.1, 0.15) is 9.90 Å². The Hall–Kier alpha value is -3.46. The number of halogens is 2. The van der Waals surface area contributed by atoms with Crippen LogP contribution in [0.1, 0.15) is 21.3 Å². The Bertz CT molecular complexity index is 1370. The summed E-state index contributed by atoms with van der Waals surface area (Å²) in [6.07, 6.45) is -1.32. The molecule has 1 N–H and O–H groups in total. The molecule has 0 saturated heterocycles. The standard InChI is InChI=1S/C23H14Cl2N2O5S/c24-16-11-10-14(12-17(16)27(30)31)26-22(28)20(13-6-2-1-3-7-13)32-23(29)21-19(25)15-8-4-5-9-18(15)33-21/h1-12,20H,(H,26,28). The molecular weight excluding hydrogens is 487 g/mol. The summed E-state index contributed by atoms with van der Waals surface area (Å²) in [4.78, 5) is 36.7. The highest BCUT2D eigenvalue weighted by molar-refractivity contribution is 7.21. The Morgan fingerprint density at radius 2 is 1.70 bits per heavy atom. The number of carbonyl (C=O) groups excluding carboxylic acids is 2. The minimum atomic E-state index is -1.32. The highest BCUT2D eigenvalue weighted by atomic mass is 35.5. The molecule has 1 unspecified atom stereocenters. The van der Waals surface area contributed by atoms with Crippen molar-refractivity contribution in [1.82, 2.24) is 0 Å². The van der Waals surface area contributed by atoms with Crippen LogP contribution in [0.2, 0.25) is 10.0 Å². The molecule has 0 aliphatic heterocycles. The predicted molar refractivity (Wildman–Crippen MR) is 128 cm³/mol. The quantitative estimate of drug-likeness (QED) is 0.181. The van der Waals surface area contributed by atoms with E-state index in [1.807, 2.05) is 18.2 Å². The van der Waals surface area contributed by atoms with E-state index < -0.39 is 22.9 Å². The van der Waals surface area contributed by atoms with Crippen molar-refractivity contribution in [2.45, 2.75) is 6.10 Å². The second-order valence-electron chi connectivity index (χ2n) is 6.85. The maximum atomic E-state index is 13.1. The number of hydrogen-bond acceptors (Lipinski definition) is 6. The third-order valence-electron chi connectivity index (χ3n) is 4.70. The first-order chi connectivity index (χ1) is 15.8. The lowest BCUT2D eigenvalue weighted by molar-refractivity contribution is -0.384. The van der Waals surface area contributed by atoms with Gasteiger partial charge >= 0.3 is 5.97 Å². The van der Waals surface area contributed by atoms with Gasteiger partial charge in [0.25, 0.3) is 11.6 Å². The zero-order valence-corrected chi connectivity index (χ0v) is 19.0. The van der Waals surface area contributed by atoms with Crippen LogP contribution in [0.3, 0.4) is 0 Å². The van der Waals surface area contributed by atoms with Crippen LogP contribution in [0, 0.1) is 10.1 Å². The van der Waals surface area contributed by atoms with E-state index in [0.717, 1.165) is 22.1 Å². The van der Waals surface area contributed by atoms with Crippen molar-refractivity contribution in [3.8, 4) is 0 Å². The monoisotopic (exact) mass is 500 g/mol. The van der Waals surface area contributed by atoms with E-state index in [1.54, 1.807) is 36.4 Å². The first kappa shape index (κ1) is 22.7. The predicted octanol–water partition coefficient (Wildman–Crippen LogP) is 6.65. The lowest BCUT2D eigenvalue weighted by Gasteiger charge is -2.18. The van der Waals surface area contributed by atoms with Crippen molar-refractivity contribution >= 4 is 67.9 Å². The summed E-state index contributed by atoms with van der Waals surface area (Å²) in [5.74, 6) is -1.45. The van der Waals surface area contributed by atoms with E-state index in [2.05, 4.69) is 5.32 Å². The highest BCUT2D eigenvalue weighted by Crippen LogP contribution is 2.36. The number of nitro groups is 1. The lowest BCUT2D eigenvalue weighted by Crippen LogP contribution is -2.25. The molecule has 4 aromatic rings. The second kappa shape index (κ2) is 9.58. The summed E-state index contributed by atoms with van der Waals surface area (Å²) in [6.45, 7) is 0. The van der Waals surface area contributed by atoms with E-state index in [-0.39, 0.29) is 26.3 Å². The molecule has 0 bridgehead atoms. The van der Waals surface area contributed by atoms with Gasteiger partial charge in [-0.2, -0.15) is 0 Å². The molecule has 0 radical (unpaired) electrons. The molecule has 33 heavy (non-hydrogen) atoms. The minimum absolute atomic E-state index is 0.0663. The van der Waals surface area contributed by atoms with Gasteiger partial charge in [-0.3, -0.25) is 14.9 Å². The molecule has 3 aromatic carbocycles. The van der Waals surface area contributed by atoms with Crippen LogP contribution in [0.5, 0.6) is 0 Å². The number of nitro benzene ring substituents is 1. The van der Waals surface area contributed by atoms with Crippen molar-refractivity contribution in [3.63, 3.8) is 0 Å². The number of amides is 1. The summed E-state index contributed by atoms with van der Waals surface area (Å²) in [5.41, 5.74) is 0.191. The van der Waals surface area contributed by atoms with Gasteiger partial charge in [0, 0.05) is 27.4 Å².